The van der Waals surface area contributed by atoms with Crippen LogP contribution in [0.15, 0.2) is 83.9 Å². The maximum absolute atomic E-state index is 12.7. The fraction of sp³-hybridized carbons (Fsp3) is 0.0870. The molecule has 34 heavy (non-hydrogen) atoms. The molecule has 0 fully saturated rings. The van der Waals surface area contributed by atoms with Gasteiger partial charge >= 0.3 is 0 Å². The maximum atomic E-state index is 12.7. The first-order valence-electron chi connectivity index (χ1n) is 9.81. The smallest absolute Gasteiger partial charge is 0.269 e. The predicted octanol–water partition coefficient (Wildman–Crippen LogP) is 4.22. The number of allylic oxidation sites excluding steroid dienone is 1. The quantitative estimate of drug-likeness (QED) is 0.189. The van der Waals surface area contributed by atoms with E-state index >= 15 is 0 Å². The lowest BCUT2D eigenvalue weighted by Crippen LogP contribution is -2.14. The normalized spacial score (nSPS) is 11.1. The van der Waals surface area contributed by atoms with Gasteiger partial charge in [-0.05, 0) is 42.5 Å². The molecule has 11 heteroatoms. The number of anilines is 2. The third-order valence-corrected chi connectivity index (χ3v) is 6.05. The maximum Gasteiger partial charge on any atom is 0.269 e. The first kappa shape index (κ1) is 24.3. The molecule has 0 aliphatic heterocycles. The summed E-state index contributed by atoms with van der Waals surface area (Å²) in [6.07, 6.45) is 2.68. The molecule has 0 saturated carbocycles. The Morgan fingerprint density at radius 1 is 0.941 bits per heavy atom. The molecule has 0 bridgehead atoms. The minimum absolute atomic E-state index is 0.132. The van der Waals surface area contributed by atoms with Crippen molar-refractivity contribution < 1.29 is 27.6 Å². The average molecular weight is 484 g/mol. The van der Waals surface area contributed by atoms with Crippen molar-refractivity contribution in [3.63, 3.8) is 0 Å². The van der Waals surface area contributed by atoms with Crippen LogP contribution >= 0.6 is 0 Å². The number of nitrogens with zero attached hydrogens (tertiary/aromatic N) is 1. The number of rotatable bonds is 10. The number of nitro benzene ring substituents is 1. The van der Waals surface area contributed by atoms with Crippen LogP contribution in [0.1, 0.15) is 10.4 Å². The Bertz CT molecular complexity index is 1340. The van der Waals surface area contributed by atoms with Gasteiger partial charge in [-0.3, -0.25) is 19.6 Å². The van der Waals surface area contributed by atoms with Crippen LogP contribution in [0.4, 0.5) is 17.1 Å². The number of sulfonamides is 1. The Morgan fingerprint density at radius 3 is 2.21 bits per heavy atom. The number of nitro groups is 1. The number of carbonyl (C=O) groups excluding carboxylic acids is 1. The Labute approximate surface area is 196 Å². The third kappa shape index (κ3) is 5.70. The molecule has 0 saturated heterocycles. The van der Waals surface area contributed by atoms with Crippen LogP contribution in [0, 0.1) is 10.1 Å². The number of non-ortho nitro benzene ring substituents is 1. The van der Waals surface area contributed by atoms with Gasteiger partial charge in [-0.2, -0.15) is 0 Å². The highest BCUT2D eigenvalue weighted by molar-refractivity contribution is 7.92. The van der Waals surface area contributed by atoms with Crippen molar-refractivity contribution in [2.45, 2.75) is 4.90 Å². The van der Waals surface area contributed by atoms with Gasteiger partial charge in [0.05, 0.1) is 35.4 Å². The monoisotopic (exact) mass is 483 g/mol. The molecule has 0 aliphatic carbocycles. The summed E-state index contributed by atoms with van der Waals surface area (Å²) < 4.78 is 38.2. The van der Waals surface area contributed by atoms with Crippen LogP contribution < -0.4 is 19.5 Å². The molecule has 0 aliphatic rings. The van der Waals surface area contributed by atoms with Gasteiger partial charge in [0.1, 0.15) is 0 Å². The molecular weight excluding hydrogens is 462 g/mol. The van der Waals surface area contributed by atoms with Crippen molar-refractivity contribution in [1.29, 1.82) is 0 Å². The van der Waals surface area contributed by atoms with Crippen molar-refractivity contribution in [2.24, 2.45) is 0 Å². The van der Waals surface area contributed by atoms with E-state index in [1.807, 2.05) is 0 Å². The molecule has 0 aromatic heterocycles. The molecule has 0 heterocycles. The van der Waals surface area contributed by atoms with Gasteiger partial charge in [0, 0.05) is 30.0 Å². The Hall–Kier alpha value is -4.38. The topological polar surface area (TPSA) is 137 Å². The highest BCUT2D eigenvalue weighted by Gasteiger charge is 2.17. The van der Waals surface area contributed by atoms with Crippen molar-refractivity contribution in [3.8, 4) is 11.5 Å². The second kappa shape index (κ2) is 10.5. The van der Waals surface area contributed by atoms with E-state index in [0.717, 1.165) is 24.3 Å². The lowest BCUT2D eigenvalue weighted by atomic mass is 10.1. The summed E-state index contributed by atoms with van der Waals surface area (Å²) >= 11 is 0. The number of carbonyl (C=O) groups is 1. The van der Waals surface area contributed by atoms with E-state index in [4.69, 9.17) is 9.47 Å². The molecule has 3 rings (SSSR count). The Balaban J connectivity index is 1.75. The van der Waals surface area contributed by atoms with Crippen molar-refractivity contribution in [2.75, 3.05) is 24.3 Å². The second-order valence-electron chi connectivity index (χ2n) is 6.81. The summed E-state index contributed by atoms with van der Waals surface area (Å²) in [7, 11) is -1.04. The number of methoxy groups -OCH3 is 2. The fourth-order valence-corrected chi connectivity index (χ4v) is 4.02. The summed E-state index contributed by atoms with van der Waals surface area (Å²) in [6.45, 7) is 0. The van der Waals surface area contributed by atoms with Crippen molar-refractivity contribution in [1.82, 2.24) is 0 Å². The summed E-state index contributed by atoms with van der Waals surface area (Å²) in [5.74, 6) is 0.605. The number of ketones is 1. The SMILES string of the molecule is COc1ccc(C(=O)C=CNc2ccccc2NS(=O)(=O)c2ccc([N+](=O)[O-])cc2)cc1OC. The van der Waals surface area contributed by atoms with E-state index in [0.29, 0.717) is 22.7 Å². The van der Waals surface area contributed by atoms with Gasteiger partial charge in [-0.25, -0.2) is 8.42 Å². The number of hydrogen-bond donors (Lipinski definition) is 2. The minimum Gasteiger partial charge on any atom is -0.493 e. The molecular formula is C23H21N3O7S. The number of ether oxygens (including phenoxy) is 2. The van der Waals surface area contributed by atoms with Crippen molar-refractivity contribution >= 4 is 32.9 Å². The first-order valence-corrected chi connectivity index (χ1v) is 11.3. The third-order valence-electron chi connectivity index (χ3n) is 4.67. The van der Waals surface area contributed by atoms with Crippen LogP contribution in [0.3, 0.4) is 0 Å². The molecule has 2 N–H and O–H groups in total. The predicted molar refractivity (Wildman–Crippen MR) is 127 cm³/mol. The zero-order chi connectivity index (χ0) is 24.7. The number of hydrogen-bond acceptors (Lipinski definition) is 8. The average Bonchev–Trinajstić information content (AvgIpc) is 2.84. The van der Waals surface area contributed by atoms with Gasteiger partial charge in [0.15, 0.2) is 17.3 Å². The summed E-state index contributed by atoms with van der Waals surface area (Å²) in [4.78, 5) is 22.5. The molecule has 3 aromatic carbocycles. The highest BCUT2D eigenvalue weighted by atomic mass is 32.2. The van der Waals surface area contributed by atoms with E-state index in [2.05, 4.69) is 10.0 Å². The molecule has 10 nitrogen and oxygen atoms in total. The zero-order valence-electron chi connectivity index (χ0n) is 18.2. The second-order valence-corrected chi connectivity index (χ2v) is 8.50. The zero-order valence-corrected chi connectivity index (χ0v) is 19.0. The van der Waals surface area contributed by atoms with E-state index in [9.17, 15) is 23.3 Å². The summed E-state index contributed by atoms with van der Waals surface area (Å²) in [5.41, 5.74) is 0.779. The summed E-state index contributed by atoms with van der Waals surface area (Å²) in [5, 5.41) is 13.7. The van der Waals surface area contributed by atoms with Crippen molar-refractivity contribution in [3.05, 3.63) is 94.7 Å². The fourth-order valence-electron chi connectivity index (χ4n) is 2.94. The van der Waals surface area contributed by atoms with Crippen LogP contribution in [0.25, 0.3) is 0 Å². The van der Waals surface area contributed by atoms with Gasteiger partial charge in [0.25, 0.3) is 15.7 Å². The Morgan fingerprint density at radius 2 is 1.59 bits per heavy atom. The van der Waals surface area contributed by atoms with E-state index in [-0.39, 0.29) is 22.1 Å². The number of benzene rings is 3. The van der Waals surface area contributed by atoms with Crippen LogP contribution in [0.2, 0.25) is 0 Å². The largest absolute Gasteiger partial charge is 0.493 e. The lowest BCUT2D eigenvalue weighted by molar-refractivity contribution is -0.384. The summed E-state index contributed by atoms with van der Waals surface area (Å²) in [6, 6.07) is 15.8. The highest BCUT2D eigenvalue weighted by Crippen LogP contribution is 2.28. The molecule has 176 valence electrons. The molecule has 0 spiro atoms. The van der Waals surface area contributed by atoms with Gasteiger partial charge in [-0.1, -0.05) is 12.1 Å². The standard InChI is InChI=1S/C23H21N3O7S/c1-32-22-12-7-16(15-23(22)33-2)21(27)13-14-24-19-5-3-4-6-20(19)25-34(30,31)18-10-8-17(9-11-18)26(28)29/h3-15,24-25H,1-2H3. The van der Waals surface area contributed by atoms with Gasteiger partial charge < -0.3 is 14.8 Å². The molecule has 0 radical (unpaired) electrons. The van der Waals surface area contributed by atoms with E-state index in [1.165, 1.54) is 32.6 Å². The van der Waals surface area contributed by atoms with Crippen LogP contribution in [-0.2, 0) is 10.0 Å². The molecule has 0 atom stereocenters. The van der Waals surface area contributed by atoms with E-state index < -0.39 is 14.9 Å². The van der Waals surface area contributed by atoms with Gasteiger partial charge in [-0.15, -0.1) is 0 Å². The minimum atomic E-state index is -4.01. The molecule has 0 unspecified atom stereocenters. The Kier molecular flexibility index (Phi) is 7.49. The van der Waals surface area contributed by atoms with Crippen LogP contribution in [-0.4, -0.2) is 33.3 Å². The molecule has 0 amide bonds. The molecule has 3 aromatic rings. The van der Waals surface area contributed by atoms with Gasteiger partial charge in [0.2, 0.25) is 0 Å². The van der Waals surface area contributed by atoms with Crippen LogP contribution in [0.5, 0.6) is 11.5 Å². The number of nitrogens with one attached hydrogen (secondary N) is 2. The number of para-hydroxylation sites is 2. The van der Waals surface area contributed by atoms with E-state index in [1.54, 1.807) is 36.4 Å². The lowest BCUT2D eigenvalue weighted by Gasteiger charge is -2.12. The first-order chi connectivity index (χ1) is 16.2.